The van der Waals surface area contributed by atoms with Crippen LogP contribution in [0.1, 0.15) is 31.4 Å². The van der Waals surface area contributed by atoms with Crippen LogP contribution in [0.15, 0.2) is 24.3 Å². The van der Waals surface area contributed by atoms with E-state index in [1.807, 2.05) is 0 Å². The molecule has 0 aromatic heterocycles. The summed E-state index contributed by atoms with van der Waals surface area (Å²) in [5.74, 6) is 0.735. The van der Waals surface area contributed by atoms with Crippen LogP contribution in [0.25, 0.3) is 0 Å². The maximum Gasteiger partial charge on any atom is 0.0229 e. The van der Waals surface area contributed by atoms with Crippen molar-refractivity contribution in [1.29, 1.82) is 0 Å². The highest BCUT2D eigenvalue weighted by Gasteiger charge is 2.15. The first-order valence-corrected chi connectivity index (χ1v) is 6.39. The summed E-state index contributed by atoms with van der Waals surface area (Å²) in [6.45, 7) is 8.55. The molecule has 0 bridgehead atoms. The van der Waals surface area contributed by atoms with E-state index in [-0.39, 0.29) is 5.41 Å². The van der Waals surface area contributed by atoms with Gasteiger partial charge in [-0.05, 0) is 24.3 Å². The number of alkyl halides is 1. The van der Waals surface area contributed by atoms with E-state index in [2.05, 4.69) is 50.4 Å². The number of rotatable bonds is 6. The van der Waals surface area contributed by atoms with E-state index < -0.39 is 0 Å². The van der Waals surface area contributed by atoms with Gasteiger partial charge in [-0.1, -0.05) is 43.7 Å². The molecule has 0 heterocycles. The fraction of sp³-hybridized carbons (Fsp3) is 0.571. The molecular weight excluding hydrogens is 218 g/mol. The molecule has 2 heteroatoms. The van der Waals surface area contributed by atoms with E-state index in [0.717, 1.165) is 25.4 Å². The normalized spacial score (nSPS) is 11.8. The van der Waals surface area contributed by atoms with Gasteiger partial charge in [-0.15, -0.1) is 11.6 Å². The molecule has 0 fully saturated rings. The number of halogens is 1. The van der Waals surface area contributed by atoms with Gasteiger partial charge < -0.3 is 5.32 Å². The van der Waals surface area contributed by atoms with Crippen molar-refractivity contribution in [3.05, 3.63) is 35.4 Å². The lowest BCUT2D eigenvalue weighted by Crippen LogP contribution is -2.29. The van der Waals surface area contributed by atoms with Crippen LogP contribution in [-0.4, -0.2) is 12.4 Å². The minimum absolute atomic E-state index is 0.284. The van der Waals surface area contributed by atoms with Crippen molar-refractivity contribution in [3.63, 3.8) is 0 Å². The van der Waals surface area contributed by atoms with Crippen molar-refractivity contribution < 1.29 is 0 Å². The molecule has 1 rings (SSSR count). The van der Waals surface area contributed by atoms with Gasteiger partial charge in [0.25, 0.3) is 0 Å². The van der Waals surface area contributed by atoms with Crippen LogP contribution < -0.4 is 5.32 Å². The second-order valence-corrected chi connectivity index (χ2v) is 5.57. The van der Waals surface area contributed by atoms with Crippen LogP contribution in [-0.2, 0) is 6.54 Å². The molecule has 0 saturated heterocycles. The van der Waals surface area contributed by atoms with Crippen molar-refractivity contribution in [3.8, 4) is 0 Å². The highest BCUT2D eigenvalue weighted by molar-refractivity contribution is 6.17. The van der Waals surface area contributed by atoms with Crippen molar-refractivity contribution in [2.45, 2.75) is 33.7 Å². The van der Waals surface area contributed by atoms with Crippen molar-refractivity contribution in [2.24, 2.45) is 5.41 Å². The molecule has 16 heavy (non-hydrogen) atoms. The quantitative estimate of drug-likeness (QED) is 0.746. The smallest absolute Gasteiger partial charge is 0.0229 e. The maximum absolute atomic E-state index is 5.77. The Balaban J connectivity index is 2.32. The number of nitrogens with one attached hydrogen (secondary N) is 1. The van der Waals surface area contributed by atoms with Crippen molar-refractivity contribution in [1.82, 2.24) is 5.32 Å². The molecule has 1 nitrogen and oxygen atoms in total. The number of hydrogen-bond acceptors (Lipinski definition) is 1. The second-order valence-electron chi connectivity index (χ2n) is 5.19. The lowest BCUT2D eigenvalue weighted by atomic mass is 9.90. The lowest BCUT2D eigenvalue weighted by molar-refractivity contribution is 0.329. The molecule has 90 valence electrons. The molecule has 0 aliphatic rings. The second kappa shape index (κ2) is 6.27. The minimum atomic E-state index is 0.284. The van der Waals surface area contributed by atoms with Gasteiger partial charge in [0.1, 0.15) is 0 Å². The predicted molar refractivity (Wildman–Crippen MR) is 72.0 cm³/mol. The van der Waals surface area contributed by atoms with Crippen LogP contribution in [0.3, 0.4) is 0 Å². The topological polar surface area (TPSA) is 12.0 Å². The highest BCUT2D eigenvalue weighted by atomic mass is 35.5. The summed E-state index contributed by atoms with van der Waals surface area (Å²) < 4.78 is 0. The third-order valence-corrected chi connectivity index (χ3v) is 3.01. The summed E-state index contributed by atoms with van der Waals surface area (Å²) in [5.41, 5.74) is 2.94. The SMILES string of the molecule is Cc1ccc(CNCC(C)(C)CCCl)cc1. The predicted octanol–water partition coefficient (Wildman–Crippen LogP) is 3.74. The first-order chi connectivity index (χ1) is 7.53. The molecule has 0 radical (unpaired) electrons. The zero-order valence-corrected chi connectivity index (χ0v) is 11.3. The van der Waals surface area contributed by atoms with Gasteiger partial charge in [0, 0.05) is 19.0 Å². The number of aryl methyl sites for hydroxylation is 1. The summed E-state index contributed by atoms with van der Waals surface area (Å²) in [6, 6.07) is 8.66. The Morgan fingerprint density at radius 3 is 2.38 bits per heavy atom. The van der Waals surface area contributed by atoms with Crippen LogP contribution in [0.2, 0.25) is 0 Å². The van der Waals surface area contributed by atoms with E-state index in [1.165, 1.54) is 11.1 Å². The zero-order valence-electron chi connectivity index (χ0n) is 10.5. The van der Waals surface area contributed by atoms with E-state index in [9.17, 15) is 0 Å². The van der Waals surface area contributed by atoms with E-state index in [4.69, 9.17) is 11.6 Å². The van der Waals surface area contributed by atoms with Crippen LogP contribution in [0, 0.1) is 12.3 Å². The fourth-order valence-corrected chi connectivity index (χ4v) is 2.11. The Morgan fingerprint density at radius 2 is 1.81 bits per heavy atom. The van der Waals surface area contributed by atoms with Gasteiger partial charge in [-0.25, -0.2) is 0 Å². The first kappa shape index (κ1) is 13.5. The number of hydrogen-bond donors (Lipinski definition) is 1. The molecule has 1 N–H and O–H groups in total. The van der Waals surface area contributed by atoms with Crippen LogP contribution >= 0.6 is 11.6 Å². The Morgan fingerprint density at radius 1 is 1.19 bits per heavy atom. The molecule has 0 atom stereocenters. The van der Waals surface area contributed by atoms with Gasteiger partial charge in [-0.2, -0.15) is 0 Å². The Labute approximate surface area is 104 Å². The average Bonchev–Trinajstić information content (AvgIpc) is 2.20. The first-order valence-electron chi connectivity index (χ1n) is 5.86. The third kappa shape index (κ3) is 5.00. The maximum atomic E-state index is 5.77. The molecule has 0 aliphatic heterocycles. The minimum Gasteiger partial charge on any atom is -0.312 e. The van der Waals surface area contributed by atoms with Crippen molar-refractivity contribution >= 4 is 11.6 Å². The van der Waals surface area contributed by atoms with Gasteiger partial charge in [0.15, 0.2) is 0 Å². The third-order valence-electron chi connectivity index (χ3n) is 2.82. The lowest BCUT2D eigenvalue weighted by Gasteiger charge is -2.23. The van der Waals surface area contributed by atoms with E-state index in [0.29, 0.717) is 0 Å². The Hall–Kier alpha value is -0.530. The molecule has 0 aliphatic carbocycles. The zero-order chi connectivity index (χ0) is 12.0. The molecule has 0 amide bonds. The van der Waals surface area contributed by atoms with Crippen LogP contribution in [0.4, 0.5) is 0 Å². The number of benzene rings is 1. The summed E-state index contributed by atoms with van der Waals surface area (Å²) in [7, 11) is 0. The Kier molecular flexibility index (Phi) is 5.30. The monoisotopic (exact) mass is 239 g/mol. The average molecular weight is 240 g/mol. The van der Waals surface area contributed by atoms with Crippen LogP contribution in [0.5, 0.6) is 0 Å². The van der Waals surface area contributed by atoms with Crippen molar-refractivity contribution in [2.75, 3.05) is 12.4 Å². The molecule has 1 aromatic rings. The highest BCUT2D eigenvalue weighted by Crippen LogP contribution is 2.19. The summed E-state index contributed by atoms with van der Waals surface area (Å²) in [6.07, 6.45) is 1.05. The standard InChI is InChI=1S/C14H22ClN/c1-12-4-6-13(7-5-12)10-16-11-14(2,3)8-9-15/h4-7,16H,8-11H2,1-3H3. The van der Waals surface area contributed by atoms with Gasteiger partial charge in [0.2, 0.25) is 0 Å². The molecule has 0 spiro atoms. The van der Waals surface area contributed by atoms with Gasteiger partial charge in [-0.3, -0.25) is 0 Å². The summed E-state index contributed by atoms with van der Waals surface area (Å²) in [4.78, 5) is 0. The summed E-state index contributed by atoms with van der Waals surface area (Å²) in [5, 5.41) is 3.49. The summed E-state index contributed by atoms with van der Waals surface area (Å²) >= 11 is 5.77. The molecule has 1 aromatic carbocycles. The largest absolute Gasteiger partial charge is 0.312 e. The Bertz CT molecular complexity index is 303. The van der Waals surface area contributed by atoms with Gasteiger partial charge >= 0.3 is 0 Å². The molecule has 0 unspecified atom stereocenters. The van der Waals surface area contributed by atoms with E-state index in [1.54, 1.807) is 0 Å². The molecular formula is C14H22ClN. The van der Waals surface area contributed by atoms with E-state index >= 15 is 0 Å². The fourth-order valence-electron chi connectivity index (χ4n) is 1.60. The van der Waals surface area contributed by atoms with Gasteiger partial charge in [0.05, 0.1) is 0 Å². The molecule has 0 saturated carbocycles.